The quantitative estimate of drug-likeness (QED) is 0.873. The van der Waals surface area contributed by atoms with Crippen LogP contribution in [0.4, 0.5) is 0 Å². The number of nitrogens with zero attached hydrogens (tertiary/aromatic N) is 3. The fourth-order valence-corrected chi connectivity index (χ4v) is 5.14. The highest BCUT2D eigenvalue weighted by Gasteiger charge is 2.54. The van der Waals surface area contributed by atoms with Crippen LogP contribution in [0.15, 0.2) is 30.3 Å². The fourth-order valence-electron chi connectivity index (χ4n) is 4.40. The Morgan fingerprint density at radius 2 is 1.90 bits per heavy atom. The monoisotopic (exact) mass is 299 g/mol. The molecule has 4 fully saturated rings. The van der Waals surface area contributed by atoms with Crippen molar-refractivity contribution in [2.75, 3.05) is 19.6 Å². The smallest absolute Gasteiger partial charge is 0.294 e. The third kappa shape index (κ3) is 1.91. The van der Waals surface area contributed by atoms with Crippen molar-refractivity contribution in [3.63, 3.8) is 0 Å². The van der Waals surface area contributed by atoms with Crippen molar-refractivity contribution in [2.24, 2.45) is 17.8 Å². The lowest BCUT2D eigenvalue weighted by Gasteiger charge is -2.33. The van der Waals surface area contributed by atoms with Gasteiger partial charge in [0.05, 0.1) is 0 Å². The van der Waals surface area contributed by atoms with E-state index < -0.39 is 0 Å². The van der Waals surface area contributed by atoms with E-state index in [1.165, 1.54) is 26.1 Å². The summed E-state index contributed by atoms with van der Waals surface area (Å²) < 4.78 is 6.26. The van der Waals surface area contributed by atoms with E-state index in [1.807, 2.05) is 18.2 Å². The van der Waals surface area contributed by atoms with Gasteiger partial charge in [0, 0.05) is 37.0 Å². The van der Waals surface area contributed by atoms with Crippen molar-refractivity contribution >= 4 is 11.3 Å². The van der Waals surface area contributed by atoms with Gasteiger partial charge in [-0.3, -0.25) is 0 Å². The Kier molecular flexibility index (Phi) is 2.61. The van der Waals surface area contributed by atoms with E-state index in [1.54, 1.807) is 11.3 Å². The summed E-state index contributed by atoms with van der Waals surface area (Å²) in [6.45, 7) is 3.71. The van der Waals surface area contributed by atoms with Gasteiger partial charge in [0.1, 0.15) is 6.10 Å². The average Bonchev–Trinajstić information content (AvgIpc) is 3.15. The first-order valence-corrected chi connectivity index (χ1v) is 8.46. The third-order valence-corrected chi connectivity index (χ3v) is 6.08. The Balaban J connectivity index is 1.37. The molecule has 4 bridgehead atoms. The Labute approximate surface area is 127 Å². The Bertz CT molecular complexity index is 655. The first-order chi connectivity index (χ1) is 10.4. The molecule has 3 unspecified atom stereocenters. The molecule has 0 N–H and O–H groups in total. The summed E-state index contributed by atoms with van der Waals surface area (Å²) in [4.78, 5) is 2.60. The van der Waals surface area contributed by atoms with Crippen molar-refractivity contribution in [3.05, 3.63) is 30.3 Å². The average molecular weight is 299 g/mol. The first-order valence-electron chi connectivity index (χ1n) is 7.65. The Morgan fingerprint density at radius 3 is 2.76 bits per heavy atom. The molecule has 5 heteroatoms. The van der Waals surface area contributed by atoms with Gasteiger partial charge < -0.3 is 9.64 Å². The minimum Gasteiger partial charge on any atom is -0.465 e. The molecule has 1 aliphatic carbocycles. The summed E-state index contributed by atoms with van der Waals surface area (Å²) in [5.74, 6) is 2.27. The number of hydrogen-bond donors (Lipinski definition) is 0. The number of benzene rings is 1. The van der Waals surface area contributed by atoms with Crippen molar-refractivity contribution in [3.8, 4) is 15.8 Å². The molecule has 4 aliphatic rings. The molecule has 0 spiro atoms. The lowest BCUT2D eigenvalue weighted by Crippen LogP contribution is -2.43. The van der Waals surface area contributed by atoms with Crippen LogP contribution >= 0.6 is 11.3 Å². The van der Waals surface area contributed by atoms with Crippen molar-refractivity contribution in [1.29, 1.82) is 0 Å². The van der Waals surface area contributed by atoms with E-state index in [4.69, 9.17) is 4.74 Å². The van der Waals surface area contributed by atoms with Crippen LogP contribution in [0.2, 0.25) is 0 Å². The molecule has 1 aromatic carbocycles. The number of rotatable bonds is 3. The summed E-state index contributed by atoms with van der Waals surface area (Å²) in [6.07, 6.45) is 1.71. The van der Waals surface area contributed by atoms with Gasteiger partial charge in [-0.1, -0.05) is 46.8 Å². The minimum absolute atomic E-state index is 0.366. The van der Waals surface area contributed by atoms with Crippen LogP contribution in [-0.4, -0.2) is 40.8 Å². The number of ether oxygens (including phenoxy) is 1. The maximum absolute atomic E-state index is 6.26. The van der Waals surface area contributed by atoms with Gasteiger partial charge in [-0.15, -0.1) is 5.10 Å². The van der Waals surface area contributed by atoms with Gasteiger partial charge >= 0.3 is 0 Å². The van der Waals surface area contributed by atoms with E-state index in [-0.39, 0.29) is 0 Å². The summed E-state index contributed by atoms with van der Waals surface area (Å²) in [5.41, 5.74) is 1.12. The molecule has 3 aliphatic heterocycles. The second-order valence-electron chi connectivity index (χ2n) is 6.46. The zero-order valence-corrected chi connectivity index (χ0v) is 12.5. The largest absolute Gasteiger partial charge is 0.465 e. The molecule has 108 valence electrons. The van der Waals surface area contributed by atoms with E-state index in [0.29, 0.717) is 17.9 Å². The molecule has 5 atom stereocenters. The van der Waals surface area contributed by atoms with Crippen LogP contribution < -0.4 is 4.74 Å². The maximum Gasteiger partial charge on any atom is 0.294 e. The van der Waals surface area contributed by atoms with Gasteiger partial charge in [0.15, 0.2) is 5.01 Å². The molecule has 0 radical (unpaired) electrons. The maximum atomic E-state index is 6.26. The van der Waals surface area contributed by atoms with Gasteiger partial charge in [-0.2, -0.15) is 0 Å². The van der Waals surface area contributed by atoms with Gasteiger partial charge in [-0.25, -0.2) is 0 Å². The first kappa shape index (κ1) is 12.1. The summed E-state index contributed by atoms with van der Waals surface area (Å²) >= 11 is 1.57. The van der Waals surface area contributed by atoms with Gasteiger partial charge in [0.2, 0.25) is 0 Å². The highest BCUT2D eigenvalue weighted by molar-refractivity contribution is 7.16. The number of aromatic nitrogens is 2. The molecule has 2 aromatic rings. The Hall–Kier alpha value is -1.46. The summed E-state index contributed by atoms with van der Waals surface area (Å²) in [7, 11) is 0. The fraction of sp³-hybridized carbons (Fsp3) is 0.500. The van der Waals surface area contributed by atoms with E-state index in [2.05, 4.69) is 27.2 Å². The predicted octanol–water partition coefficient (Wildman–Crippen LogP) is 2.53. The van der Waals surface area contributed by atoms with Crippen LogP contribution in [0.1, 0.15) is 6.42 Å². The van der Waals surface area contributed by atoms with Crippen molar-refractivity contribution < 1.29 is 4.74 Å². The Morgan fingerprint density at radius 1 is 1.05 bits per heavy atom. The predicted molar refractivity (Wildman–Crippen MR) is 81.3 cm³/mol. The summed E-state index contributed by atoms with van der Waals surface area (Å²) in [5, 5.41) is 10.2. The molecular formula is C16H17N3OS. The zero-order valence-electron chi connectivity index (χ0n) is 11.7. The molecule has 21 heavy (non-hydrogen) atoms. The molecule has 0 amide bonds. The molecule has 4 nitrogen and oxygen atoms in total. The van der Waals surface area contributed by atoms with Crippen LogP contribution in [-0.2, 0) is 0 Å². The molecule has 3 saturated heterocycles. The molecular weight excluding hydrogens is 282 g/mol. The normalized spacial score (nSPS) is 36.3. The molecule has 4 heterocycles. The van der Waals surface area contributed by atoms with Crippen LogP contribution in [0, 0.1) is 17.8 Å². The van der Waals surface area contributed by atoms with Crippen molar-refractivity contribution in [1.82, 2.24) is 15.1 Å². The minimum atomic E-state index is 0.366. The molecule has 1 aromatic heterocycles. The highest BCUT2D eigenvalue weighted by atomic mass is 32.1. The topological polar surface area (TPSA) is 38.3 Å². The number of hydrogen-bond acceptors (Lipinski definition) is 5. The SMILES string of the molecule is c1ccc(-c2nnc(O[C@@H]3C4CN5CC4C[C@H]3C5)s2)cc1. The van der Waals surface area contributed by atoms with Crippen molar-refractivity contribution in [2.45, 2.75) is 12.5 Å². The standard InChI is InChI=1S/C16H17N3OS/c1-2-4-10(5-3-1)15-17-18-16(21-15)20-14-12-6-11-7-19(8-12)9-13(11)14/h1-5,11-14H,6-9H2/t11?,12-,13?,14-/m0/s1. The lowest BCUT2D eigenvalue weighted by atomic mass is 9.97. The molecule has 6 rings (SSSR count). The van der Waals surface area contributed by atoms with Crippen LogP contribution in [0.5, 0.6) is 5.19 Å². The lowest BCUT2D eigenvalue weighted by molar-refractivity contribution is 0.0577. The summed E-state index contributed by atoms with van der Waals surface area (Å²) in [6, 6.07) is 10.2. The third-order valence-electron chi connectivity index (χ3n) is 5.22. The second-order valence-corrected chi connectivity index (χ2v) is 7.40. The van der Waals surface area contributed by atoms with Gasteiger partial charge in [0.25, 0.3) is 5.19 Å². The van der Waals surface area contributed by atoms with E-state index in [0.717, 1.165) is 21.7 Å². The van der Waals surface area contributed by atoms with Crippen LogP contribution in [0.3, 0.4) is 0 Å². The number of piperidine rings is 2. The van der Waals surface area contributed by atoms with E-state index >= 15 is 0 Å². The van der Waals surface area contributed by atoms with Crippen LogP contribution in [0.25, 0.3) is 10.6 Å². The second kappa shape index (κ2) is 4.52. The molecule has 1 saturated carbocycles. The van der Waals surface area contributed by atoms with Gasteiger partial charge in [-0.05, 0) is 12.3 Å². The zero-order chi connectivity index (χ0) is 13.8. The van der Waals surface area contributed by atoms with E-state index in [9.17, 15) is 0 Å². The highest BCUT2D eigenvalue weighted by Crippen LogP contribution is 2.48.